The first-order valence-corrected chi connectivity index (χ1v) is 6.64. The molecule has 0 bridgehead atoms. The molecule has 3 N–H and O–H groups in total. The lowest BCUT2D eigenvalue weighted by Gasteiger charge is -2.26. The Morgan fingerprint density at radius 2 is 1.95 bits per heavy atom. The van der Waals surface area contributed by atoms with E-state index in [1.807, 2.05) is 32.1 Å². The Kier molecular flexibility index (Phi) is 10.5. The zero-order valence-corrected chi connectivity index (χ0v) is 12.5. The molecule has 0 fully saturated rings. The van der Waals surface area contributed by atoms with Crippen LogP contribution in [0.1, 0.15) is 20.8 Å². The zero-order valence-electron chi connectivity index (χ0n) is 12.5. The third-order valence-corrected chi connectivity index (χ3v) is 2.52. The van der Waals surface area contributed by atoms with Gasteiger partial charge in [-0.15, -0.1) is 0 Å². The van der Waals surface area contributed by atoms with Crippen molar-refractivity contribution >= 4 is 0 Å². The van der Waals surface area contributed by atoms with Gasteiger partial charge in [-0.3, -0.25) is 0 Å². The van der Waals surface area contributed by atoms with E-state index in [2.05, 4.69) is 4.90 Å². The first kappa shape index (κ1) is 18.1. The van der Waals surface area contributed by atoms with E-state index in [9.17, 15) is 0 Å². The Morgan fingerprint density at radius 1 is 1.32 bits per heavy atom. The molecule has 0 aliphatic heterocycles. The summed E-state index contributed by atoms with van der Waals surface area (Å²) in [5.41, 5.74) is 6.79. The number of aliphatic hydroxyl groups excluding tert-OH is 1. The normalized spacial score (nSPS) is 15.8. The first-order valence-electron chi connectivity index (χ1n) is 6.64. The molecular formula is C14H28N2O3. The van der Waals surface area contributed by atoms with Gasteiger partial charge in [0, 0.05) is 31.9 Å². The van der Waals surface area contributed by atoms with E-state index in [1.165, 1.54) is 0 Å². The minimum absolute atomic E-state index is 0.0212. The molecule has 0 saturated carbocycles. The molecule has 0 heterocycles. The molecule has 0 aromatic carbocycles. The van der Waals surface area contributed by atoms with Gasteiger partial charge in [0.15, 0.2) is 6.29 Å². The zero-order chi connectivity index (χ0) is 14.7. The van der Waals surface area contributed by atoms with E-state index in [1.54, 1.807) is 14.0 Å². The van der Waals surface area contributed by atoms with Gasteiger partial charge in [-0.2, -0.15) is 0 Å². The van der Waals surface area contributed by atoms with Crippen LogP contribution >= 0.6 is 0 Å². The summed E-state index contributed by atoms with van der Waals surface area (Å²) < 4.78 is 10.3. The number of ether oxygens (including phenoxy) is 2. The first-order chi connectivity index (χ1) is 9.01. The van der Waals surface area contributed by atoms with Crippen LogP contribution in [0, 0.1) is 0 Å². The highest BCUT2D eigenvalue weighted by atomic mass is 16.6. The van der Waals surface area contributed by atoms with Crippen molar-refractivity contribution in [2.24, 2.45) is 5.73 Å². The molecule has 0 spiro atoms. The van der Waals surface area contributed by atoms with Gasteiger partial charge in [-0.1, -0.05) is 12.2 Å². The van der Waals surface area contributed by atoms with E-state index in [-0.39, 0.29) is 6.04 Å². The van der Waals surface area contributed by atoms with Crippen LogP contribution in [-0.4, -0.2) is 55.8 Å². The lowest BCUT2D eigenvalue weighted by Crippen LogP contribution is -2.30. The van der Waals surface area contributed by atoms with Crippen molar-refractivity contribution in [3.8, 4) is 0 Å². The van der Waals surface area contributed by atoms with Crippen LogP contribution in [0.25, 0.3) is 0 Å². The van der Waals surface area contributed by atoms with E-state index in [0.29, 0.717) is 19.8 Å². The fourth-order valence-corrected chi connectivity index (χ4v) is 1.54. The number of rotatable bonds is 10. The summed E-state index contributed by atoms with van der Waals surface area (Å²) in [5.74, 6) is 0. The molecule has 0 aliphatic rings. The number of nitrogens with zero attached hydrogens (tertiary/aromatic N) is 1. The Hall–Kier alpha value is -0.880. The van der Waals surface area contributed by atoms with Gasteiger partial charge in [0.25, 0.3) is 0 Å². The highest BCUT2D eigenvalue weighted by Gasteiger charge is 2.07. The average molecular weight is 272 g/mol. The Bertz CT molecular complexity index is 276. The van der Waals surface area contributed by atoms with E-state index < -0.39 is 6.29 Å². The molecule has 19 heavy (non-hydrogen) atoms. The number of hydrogen-bond donors (Lipinski definition) is 2. The highest BCUT2D eigenvalue weighted by molar-refractivity contribution is 5.18. The number of aliphatic hydroxyl groups is 1. The summed E-state index contributed by atoms with van der Waals surface area (Å²) in [4.78, 5) is 2.14. The number of nitrogens with two attached hydrogens (primary N) is 1. The van der Waals surface area contributed by atoms with Gasteiger partial charge in [0.2, 0.25) is 0 Å². The maximum absolute atomic E-state index is 9.10. The fraction of sp³-hybridized carbons (Fsp3) is 0.714. The van der Waals surface area contributed by atoms with E-state index >= 15 is 0 Å². The standard InChI is InChI=1S/C14H28N2O3/c1-5-14(7-6-12(2)15)16(8-10-18-4)9-11-19-13(3)17/h5-7,12-13,17H,8-11,15H2,1-4H3/b7-6-,14-5+. The lowest BCUT2D eigenvalue weighted by molar-refractivity contribution is -0.0882. The Morgan fingerprint density at radius 3 is 2.42 bits per heavy atom. The Balaban J connectivity index is 4.51. The number of methoxy groups -OCH3 is 1. The second-order valence-corrected chi connectivity index (χ2v) is 4.38. The minimum atomic E-state index is -0.738. The second kappa shape index (κ2) is 11.0. The lowest BCUT2D eigenvalue weighted by atomic mass is 10.2. The number of allylic oxidation sites excluding steroid dienone is 2. The molecule has 0 amide bonds. The van der Waals surface area contributed by atoms with Crippen LogP contribution in [0.2, 0.25) is 0 Å². The minimum Gasteiger partial charge on any atom is -0.383 e. The predicted molar refractivity (Wildman–Crippen MR) is 77.6 cm³/mol. The smallest absolute Gasteiger partial charge is 0.151 e. The molecule has 112 valence electrons. The molecule has 0 aliphatic carbocycles. The molecule has 5 nitrogen and oxygen atoms in total. The Labute approximate surface area is 116 Å². The van der Waals surface area contributed by atoms with Crippen LogP contribution in [0.4, 0.5) is 0 Å². The molecular weight excluding hydrogens is 244 g/mol. The topological polar surface area (TPSA) is 68.0 Å². The van der Waals surface area contributed by atoms with Crippen molar-refractivity contribution in [3.05, 3.63) is 23.9 Å². The average Bonchev–Trinajstić information content (AvgIpc) is 2.34. The van der Waals surface area contributed by atoms with Crippen molar-refractivity contribution < 1.29 is 14.6 Å². The van der Waals surface area contributed by atoms with Crippen molar-refractivity contribution in [1.29, 1.82) is 0 Å². The summed E-state index contributed by atoms with van der Waals surface area (Å²) in [7, 11) is 1.68. The summed E-state index contributed by atoms with van der Waals surface area (Å²) >= 11 is 0. The molecule has 2 atom stereocenters. The summed E-state index contributed by atoms with van der Waals surface area (Å²) in [6.07, 6.45) is 5.24. The third kappa shape index (κ3) is 9.67. The van der Waals surface area contributed by atoms with Gasteiger partial charge < -0.3 is 25.2 Å². The second-order valence-electron chi connectivity index (χ2n) is 4.38. The van der Waals surface area contributed by atoms with Crippen LogP contribution in [-0.2, 0) is 9.47 Å². The van der Waals surface area contributed by atoms with Crippen molar-refractivity contribution in [1.82, 2.24) is 4.90 Å². The van der Waals surface area contributed by atoms with Gasteiger partial charge in [-0.25, -0.2) is 0 Å². The van der Waals surface area contributed by atoms with Crippen molar-refractivity contribution in [2.75, 3.05) is 33.4 Å². The van der Waals surface area contributed by atoms with Gasteiger partial charge >= 0.3 is 0 Å². The highest BCUT2D eigenvalue weighted by Crippen LogP contribution is 2.07. The van der Waals surface area contributed by atoms with Crippen molar-refractivity contribution in [3.63, 3.8) is 0 Å². The maximum Gasteiger partial charge on any atom is 0.151 e. The summed E-state index contributed by atoms with van der Waals surface area (Å²) in [5, 5.41) is 9.10. The molecule has 0 radical (unpaired) electrons. The fourth-order valence-electron chi connectivity index (χ4n) is 1.54. The van der Waals surface area contributed by atoms with Crippen LogP contribution in [0.5, 0.6) is 0 Å². The van der Waals surface area contributed by atoms with Crippen LogP contribution < -0.4 is 5.73 Å². The molecule has 5 heteroatoms. The maximum atomic E-state index is 9.10. The monoisotopic (exact) mass is 272 g/mol. The van der Waals surface area contributed by atoms with Crippen LogP contribution in [0.15, 0.2) is 23.9 Å². The van der Waals surface area contributed by atoms with E-state index in [0.717, 1.165) is 12.2 Å². The van der Waals surface area contributed by atoms with Crippen LogP contribution in [0.3, 0.4) is 0 Å². The number of hydrogen-bond acceptors (Lipinski definition) is 5. The SMILES string of the molecule is C/C=C(\C=C/C(C)N)N(CCOC)CCOC(C)O. The molecule has 2 unspecified atom stereocenters. The van der Waals surface area contributed by atoms with Gasteiger partial charge in [0.05, 0.1) is 13.2 Å². The van der Waals surface area contributed by atoms with E-state index in [4.69, 9.17) is 20.3 Å². The molecule has 0 aromatic rings. The van der Waals surface area contributed by atoms with Crippen molar-refractivity contribution in [2.45, 2.75) is 33.1 Å². The predicted octanol–water partition coefficient (Wildman–Crippen LogP) is 1.10. The molecule has 0 aromatic heterocycles. The molecule has 0 rings (SSSR count). The van der Waals surface area contributed by atoms with Gasteiger partial charge in [0.1, 0.15) is 0 Å². The quantitative estimate of drug-likeness (QED) is 0.460. The molecule has 0 saturated heterocycles. The summed E-state index contributed by atoms with van der Waals surface area (Å²) in [6, 6.07) is 0.0212. The van der Waals surface area contributed by atoms with Gasteiger partial charge in [-0.05, 0) is 26.8 Å². The largest absolute Gasteiger partial charge is 0.383 e. The third-order valence-electron chi connectivity index (χ3n) is 2.52. The summed E-state index contributed by atoms with van der Waals surface area (Å²) in [6.45, 7) is 8.07.